The fourth-order valence-corrected chi connectivity index (χ4v) is 1.57. The van der Waals surface area contributed by atoms with Crippen LogP contribution in [0.5, 0.6) is 0 Å². The van der Waals surface area contributed by atoms with Crippen molar-refractivity contribution in [1.29, 1.82) is 0 Å². The maximum absolute atomic E-state index is 12.0. The Morgan fingerprint density at radius 3 is 2.21 bits per heavy atom. The Kier molecular flexibility index (Phi) is 4.82. The molecule has 1 aliphatic heterocycles. The van der Waals surface area contributed by atoms with E-state index in [-0.39, 0.29) is 12.2 Å². The van der Waals surface area contributed by atoms with Gasteiger partial charge in [-0.3, -0.25) is 29.7 Å². The van der Waals surface area contributed by atoms with E-state index >= 15 is 0 Å². The lowest BCUT2D eigenvalue weighted by Gasteiger charge is -2.30. The van der Waals surface area contributed by atoms with E-state index in [4.69, 9.17) is 4.84 Å². The molecule has 104 valence electrons. The van der Waals surface area contributed by atoms with Crippen molar-refractivity contribution in [2.24, 2.45) is 0 Å². The van der Waals surface area contributed by atoms with Crippen molar-refractivity contribution in [3.05, 3.63) is 23.9 Å². The number of nitrogens with one attached hydrogen (secondary N) is 1. The molecule has 19 heavy (non-hydrogen) atoms. The van der Waals surface area contributed by atoms with Crippen LogP contribution in [0.25, 0.3) is 0 Å². The Morgan fingerprint density at radius 2 is 1.79 bits per heavy atom. The van der Waals surface area contributed by atoms with E-state index in [0.717, 1.165) is 9.80 Å². The zero-order valence-corrected chi connectivity index (χ0v) is 11.2. The van der Waals surface area contributed by atoms with Crippen molar-refractivity contribution in [2.45, 2.75) is 13.3 Å². The minimum atomic E-state index is -0.652. The van der Waals surface area contributed by atoms with Gasteiger partial charge in [-0.05, 0) is 6.42 Å². The van der Waals surface area contributed by atoms with Crippen molar-refractivity contribution in [2.75, 3.05) is 20.7 Å². The molecular formula is C12H17N3O4. The second-order valence-corrected chi connectivity index (χ2v) is 3.92. The maximum atomic E-state index is 12.0. The van der Waals surface area contributed by atoms with Gasteiger partial charge in [-0.25, -0.2) is 4.79 Å². The molecule has 0 aromatic heterocycles. The van der Waals surface area contributed by atoms with Gasteiger partial charge in [0.2, 0.25) is 0 Å². The number of carbonyl (C=O) groups excluding carboxylic acids is 3. The molecule has 0 saturated carbocycles. The van der Waals surface area contributed by atoms with Crippen molar-refractivity contribution >= 4 is 17.8 Å². The number of hydrogen-bond acceptors (Lipinski definition) is 5. The molecule has 1 heterocycles. The summed E-state index contributed by atoms with van der Waals surface area (Å²) >= 11 is 0. The Hall–Kier alpha value is -2.15. The quantitative estimate of drug-likeness (QED) is 0.256. The number of likely N-dealkylation sites (N-methyl/N-ethyl adjacent to an activating group) is 2. The fourth-order valence-electron chi connectivity index (χ4n) is 1.57. The summed E-state index contributed by atoms with van der Waals surface area (Å²) in [5.74, 6) is -1.28. The van der Waals surface area contributed by atoms with Crippen molar-refractivity contribution in [3.63, 3.8) is 0 Å². The van der Waals surface area contributed by atoms with Crippen LogP contribution in [0, 0.1) is 0 Å². The standard InChI is InChI=1S/C12H17N3O4/c1-5-7-19-13-8(6-2)9-10(16)14(3)12(18)15(4)11(9)17/h5,13H,1,6-7H2,2-4H3. The first-order valence-corrected chi connectivity index (χ1v) is 5.77. The summed E-state index contributed by atoms with van der Waals surface area (Å²) in [5.41, 5.74) is 2.81. The fraction of sp³-hybridized carbons (Fsp3) is 0.417. The number of hydrogen-bond donors (Lipinski definition) is 1. The molecule has 0 aromatic carbocycles. The molecule has 1 saturated heterocycles. The Labute approximate surface area is 111 Å². The van der Waals surface area contributed by atoms with Crippen molar-refractivity contribution in [3.8, 4) is 0 Å². The van der Waals surface area contributed by atoms with Crippen LogP contribution in [0.3, 0.4) is 0 Å². The molecule has 1 fully saturated rings. The smallest absolute Gasteiger partial charge is 0.272 e. The molecule has 0 radical (unpaired) electrons. The average molecular weight is 267 g/mol. The summed E-state index contributed by atoms with van der Waals surface area (Å²) in [4.78, 5) is 42.4. The molecule has 7 nitrogen and oxygen atoms in total. The summed E-state index contributed by atoms with van der Waals surface area (Å²) in [6, 6.07) is -0.652. The molecule has 7 heteroatoms. The van der Waals surface area contributed by atoms with Crippen LogP contribution in [0.2, 0.25) is 0 Å². The third-order valence-corrected chi connectivity index (χ3v) is 2.66. The molecule has 0 aliphatic carbocycles. The predicted octanol–water partition coefficient (Wildman–Crippen LogP) is 0.408. The predicted molar refractivity (Wildman–Crippen MR) is 67.5 cm³/mol. The highest BCUT2D eigenvalue weighted by Gasteiger charge is 2.39. The number of amides is 4. The highest BCUT2D eigenvalue weighted by Crippen LogP contribution is 2.18. The van der Waals surface area contributed by atoms with E-state index in [1.807, 2.05) is 0 Å². The number of hydroxylamine groups is 1. The lowest BCUT2D eigenvalue weighted by atomic mass is 10.1. The third kappa shape index (κ3) is 2.82. The van der Waals surface area contributed by atoms with Crippen LogP contribution in [0.1, 0.15) is 13.3 Å². The molecule has 0 aromatic rings. The summed E-state index contributed by atoms with van der Waals surface area (Å²) in [5, 5.41) is 0. The maximum Gasteiger partial charge on any atom is 0.333 e. The van der Waals surface area contributed by atoms with Crippen LogP contribution in [0.4, 0.5) is 4.79 Å². The van der Waals surface area contributed by atoms with E-state index < -0.39 is 17.8 Å². The second kappa shape index (κ2) is 6.14. The van der Waals surface area contributed by atoms with Gasteiger partial charge in [0.15, 0.2) is 0 Å². The average Bonchev–Trinajstić information content (AvgIpc) is 2.41. The molecule has 0 unspecified atom stereocenters. The van der Waals surface area contributed by atoms with Gasteiger partial charge >= 0.3 is 6.03 Å². The monoisotopic (exact) mass is 267 g/mol. The highest BCUT2D eigenvalue weighted by atomic mass is 16.6. The normalized spacial score (nSPS) is 15.9. The number of rotatable bonds is 5. The van der Waals surface area contributed by atoms with Gasteiger partial charge in [-0.15, -0.1) is 6.58 Å². The zero-order chi connectivity index (χ0) is 14.6. The Morgan fingerprint density at radius 1 is 1.26 bits per heavy atom. The van der Waals surface area contributed by atoms with Crippen LogP contribution < -0.4 is 5.48 Å². The van der Waals surface area contributed by atoms with E-state index in [1.54, 1.807) is 6.92 Å². The summed E-state index contributed by atoms with van der Waals surface area (Å²) in [6.07, 6.45) is 1.91. The van der Waals surface area contributed by atoms with Crippen LogP contribution in [-0.2, 0) is 14.4 Å². The van der Waals surface area contributed by atoms with Crippen molar-refractivity contribution < 1.29 is 19.2 Å². The van der Waals surface area contributed by atoms with Gasteiger partial charge < -0.3 is 0 Å². The van der Waals surface area contributed by atoms with Gasteiger partial charge in [0.25, 0.3) is 11.8 Å². The second-order valence-electron chi connectivity index (χ2n) is 3.92. The first-order valence-electron chi connectivity index (χ1n) is 5.77. The van der Waals surface area contributed by atoms with Gasteiger partial charge in [-0.2, -0.15) is 0 Å². The zero-order valence-electron chi connectivity index (χ0n) is 11.2. The van der Waals surface area contributed by atoms with Gasteiger partial charge in [0.05, 0.1) is 12.3 Å². The van der Waals surface area contributed by atoms with Gasteiger partial charge in [-0.1, -0.05) is 13.0 Å². The molecule has 0 atom stereocenters. The molecule has 1 rings (SSSR count). The topological polar surface area (TPSA) is 79.0 Å². The van der Waals surface area contributed by atoms with Crippen LogP contribution in [0.15, 0.2) is 23.9 Å². The Bertz CT molecular complexity index is 430. The highest BCUT2D eigenvalue weighted by molar-refractivity contribution is 6.28. The first kappa shape index (κ1) is 14.9. The first-order chi connectivity index (χ1) is 8.95. The minimum absolute atomic E-state index is 0.0869. The number of barbiturate groups is 1. The number of urea groups is 1. The number of carbonyl (C=O) groups is 3. The third-order valence-electron chi connectivity index (χ3n) is 2.66. The Balaban J connectivity index is 3.11. The van der Waals surface area contributed by atoms with Gasteiger partial charge in [0.1, 0.15) is 5.57 Å². The molecule has 0 spiro atoms. The lowest BCUT2D eigenvalue weighted by molar-refractivity contribution is -0.134. The number of allylic oxidation sites excluding steroid dienone is 1. The van der Waals surface area contributed by atoms with E-state index in [1.165, 1.54) is 20.2 Å². The summed E-state index contributed by atoms with van der Waals surface area (Å²) in [6.45, 7) is 5.48. The lowest BCUT2D eigenvalue weighted by Crippen LogP contribution is -2.54. The van der Waals surface area contributed by atoms with E-state index in [9.17, 15) is 14.4 Å². The summed E-state index contributed by atoms with van der Waals surface area (Å²) in [7, 11) is 2.65. The SMILES string of the molecule is C=CCONC(CC)=C1C(=O)N(C)C(=O)N(C)C1=O. The molecule has 1 N–H and O–H groups in total. The molecule has 1 aliphatic rings. The van der Waals surface area contributed by atoms with E-state index in [0.29, 0.717) is 12.1 Å². The van der Waals surface area contributed by atoms with Crippen LogP contribution >= 0.6 is 0 Å². The largest absolute Gasteiger partial charge is 0.333 e. The molecule has 4 amide bonds. The number of nitrogens with zero attached hydrogens (tertiary/aromatic N) is 2. The van der Waals surface area contributed by atoms with E-state index in [2.05, 4.69) is 12.1 Å². The number of imide groups is 2. The minimum Gasteiger partial charge on any atom is -0.272 e. The molecular weight excluding hydrogens is 250 g/mol. The van der Waals surface area contributed by atoms with Crippen molar-refractivity contribution in [1.82, 2.24) is 15.3 Å². The molecule has 0 bridgehead atoms. The van der Waals surface area contributed by atoms with Crippen LogP contribution in [-0.4, -0.2) is 48.3 Å². The van der Waals surface area contributed by atoms with Gasteiger partial charge in [0, 0.05) is 14.1 Å². The summed E-state index contributed by atoms with van der Waals surface area (Å²) < 4.78 is 0.